The van der Waals surface area contributed by atoms with E-state index in [9.17, 15) is 4.79 Å². The van der Waals surface area contributed by atoms with Crippen LogP contribution < -0.4 is 5.32 Å². The molecule has 0 unspecified atom stereocenters. The average molecular weight is 251 g/mol. The molecule has 0 radical (unpaired) electrons. The number of amides is 1. The number of carbonyl (C=O) groups is 1. The molecule has 1 amide bonds. The summed E-state index contributed by atoms with van der Waals surface area (Å²) in [4.78, 5) is 11.8. The van der Waals surface area contributed by atoms with Crippen molar-refractivity contribution in [3.63, 3.8) is 0 Å². The largest absolute Gasteiger partial charge is 0.364 e. The summed E-state index contributed by atoms with van der Waals surface area (Å²) in [6.07, 6.45) is 1.33. The Morgan fingerprint density at radius 3 is 2.88 bits per heavy atom. The summed E-state index contributed by atoms with van der Waals surface area (Å²) >= 11 is 5.98. The first-order valence-electron chi connectivity index (χ1n) is 5.11. The lowest BCUT2D eigenvalue weighted by Crippen LogP contribution is -2.23. The number of carbonyl (C=O) groups excluding carboxylic acids is 1. The van der Waals surface area contributed by atoms with Gasteiger partial charge in [-0.15, -0.1) is 0 Å². The summed E-state index contributed by atoms with van der Waals surface area (Å²) in [5.74, 6) is -0.219. The fourth-order valence-corrected chi connectivity index (χ4v) is 1.63. The number of hydrogen-bond donors (Lipinski definition) is 1. The van der Waals surface area contributed by atoms with Crippen molar-refractivity contribution >= 4 is 17.5 Å². The molecule has 0 saturated carbocycles. The second-order valence-corrected chi connectivity index (χ2v) is 3.99. The minimum absolute atomic E-state index is 0.219. The van der Waals surface area contributed by atoms with Crippen LogP contribution in [-0.2, 0) is 6.54 Å². The lowest BCUT2D eigenvalue weighted by Gasteiger charge is -2.05. The van der Waals surface area contributed by atoms with Gasteiger partial charge in [-0.25, -0.2) is 0 Å². The maximum absolute atomic E-state index is 11.8. The van der Waals surface area contributed by atoms with Crippen LogP contribution in [-0.4, -0.2) is 11.1 Å². The molecule has 0 bridgehead atoms. The lowest BCUT2D eigenvalue weighted by atomic mass is 10.2. The highest BCUT2D eigenvalue weighted by Crippen LogP contribution is 2.14. The monoisotopic (exact) mass is 250 g/mol. The van der Waals surface area contributed by atoms with Crippen LogP contribution in [0.4, 0.5) is 0 Å². The molecule has 0 saturated heterocycles. The maximum atomic E-state index is 11.8. The molecule has 1 heterocycles. The molecule has 88 valence electrons. The number of halogens is 1. The van der Waals surface area contributed by atoms with Crippen molar-refractivity contribution in [2.24, 2.45) is 0 Å². The zero-order valence-corrected chi connectivity index (χ0v) is 9.99. The highest BCUT2D eigenvalue weighted by molar-refractivity contribution is 6.31. The van der Waals surface area contributed by atoms with E-state index >= 15 is 0 Å². The van der Waals surface area contributed by atoms with E-state index < -0.39 is 0 Å². The van der Waals surface area contributed by atoms with Crippen molar-refractivity contribution in [1.29, 1.82) is 0 Å². The number of hydrogen-bond acceptors (Lipinski definition) is 3. The van der Waals surface area contributed by atoms with E-state index in [2.05, 4.69) is 10.5 Å². The third-order valence-corrected chi connectivity index (χ3v) is 2.76. The topological polar surface area (TPSA) is 55.1 Å². The van der Waals surface area contributed by atoms with Gasteiger partial charge in [-0.05, 0) is 18.6 Å². The molecule has 0 spiro atoms. The highest BCUT2D eigenvalue weighted by Gasteiger charge is 2.12. The zero-order chi connectivity index (χ0) is 12.3. The van der Waals surface area contributed by atoms with Gasteiger partial charge in [0.25, 0.3) is 5.91 Å². The first kappa shape index (κ1) is 11.7. The molecule has 0 aliphatic rings. The number of rotatable bonds is 3. The predicted octanol–water partition coefficient (Wildman–Crippen LogP) is 2.57. The molecule has 0 fully saturated rings. The fourth-order valence-electron chi connectivity index (χ4n) is 1.42. The molecule has 0 atom stereocenters. The van der Waals surface area contributed by atoms with Crippen molar-refractivity contribution in [2.45, 2.75) is 13.5 Å². The highest BCUT2D eigenvalue weighted by atomic mass is 35.5. The van der Waals surface area contributed by atoms with Gasteiger partial charge in [0.1, 0.15) is 11.8 Å². The fraction of sp³-hybridized carbons (Fsp3) is 0.167. The Balaban J connectivity index is 2.02. The van der Waals surface area contributed by atoms with Crippen molar-refractivity contribution in [3.8, 4) is 0 Å². The van der Waals surface area contributed by atoms with E-state index in [1.165, 1.54) is 6.26 Å². The maximum Gasteiger partial charge on any atom is 0.256 e. The third-order valence-electron chi connectivity index (χ3n) is 2.39. The van der Waals surface area contributed by atoms with Gasteiger partial charge in [0.15, 0.2) is 0 Å². The number of nitrogens with zero attached hydrogens (tertiary/aromatic N) is 1. The Hall–Kier alpha value is -1.81. The summed E-state index contributed by atoms with van der Waals surface area (Å²) < 4.78 is 4.71. The summed E-state index contributed by atoms with van der Waals surface area (Å²) in [6.45, 7) is 2.09. The Morgan fingerprint density at radius 2 is 2.24 bits per heavy atom. The van der Waals surface area contributed by atoms with Crippen LogP contribution in [0.15, 0.2) is 35.1 Å². The number of aryl methyl sites for hydroxylation is 1. The van der Waals surface area contributed by atoms with E-state index in [0.29, 0.717) is 22.8 Å². The van der Waals surface area contributed by atoms with Crippen LogP contribution in [0, 0.1) is 6.92 Å². The minimum atomic E-state index is -0.219. The first-order valence-corrected chi connectivity index (χ1v) is 5.49. The second kappa shape index (κ2) is 5.01. The van der Waals surface area contributed by atoms with Gasteiger partial charge in [-0.2, -0.15) is 0 Å². The normalized spacial score (nSPS) is 10.2. The SMILES string of the molecule is Cc1nocc1C(=O)NCc1ccccc1Cl. The second-order valence-electron chi connectivity index (χ2n) is 3.59. The van der Waals surface area contributed by atoms with Gasteiger partial charge in [0.2, 0.25) is 0 Å². The van der Waals surface area contributed by atoms with E-state index in [-0.39, 0.29) is 5.91 Å². The molecule has 4 nitrogen and oxygen atoms in total. The molecular weight excluding hydrogens is 240 g/mol. The predicted molar refractivity (Wildman–Crippen MR) is 63.9 cm³/mol. The minimum Gasteiger partial charge on any atom is -0.364 e. The third kappa shape index (κ3) is 2.65. The Labute approximate surface area is 104 Å². The summed E-state index contributed by atoms with van der Waals surface area (Å²) in [7, 11) is 0. The lowest BCUT2D eigenvalue weighted by molar-refractivity contribution is 0.0950. The van der Waals surface area contributed by atoms with Gasteiger partial charge >= 0.3 is 0 Å². The molecule has 0 aliphatic heterocycles. The van der Waals surface area contributed by atoms with Gasteiger partial charge in [0.05, 0.1) is 5.69 Å². The van der Waals surface area contributed by atoms with Crippen molar-refractivity contribution in [2.75, 3.05) is 0 Å². The van der Waals surface area contributed by atoms with Crippen molar-refractivity contribution in [1.82, 2.24) is 10.5 Å². The van der Waals surface area contributed by atoms with Gasteiger partial charge < -0.3 is 9.84 Å². The molecule has 1 N–H and O–H groups in total. The number of benzene rings is 1. The molecule has 2 aromatic rings. The average Bonchev–Trinajstić information content (AvgIpc) is 2.74. The van der Waals surface area contributed by atoms with Gasteiger partial charge in [0, 0.05) is 11.6 Å². The van der Waals surface area contributed by atoms with E-state index in [1.807, 2.05) is 18.2 Å². The van der Waals surface area contributed by atoms with Crippen LogP contribution in [0.3, 0.4) is 0 Å². The Morgan fingerprint density at radius 1 is 1.47 bits per heavy atom. The molecule has 2 rings (SSSR count). The molecular formula is C12H11ClN2O2. The Kier molecular flexibility index (Phi) is 3.44. The van der Waals surface area contributed by atoms with E-state index in [1.54, 1.807) is 13.0 Å². The van der Waals surface area contributed by atoms with Crippen LogP contribution in [0.25, 0.3) is 0 Å². The van der Waals surface area contributed by atoms with Crippen LogP contribution in [0.5, 0.6) is 0 Å². The summed E-state index contributed by atoms with van der Waals surface area (Å²) in [6, 6.07) is 7.37. The smallest absolute Gasteiger partial charge is 0.256 e. The quantitative estimate of drug-likeness (QED) is 0.911. The molecule has 17 heavy (non-hydrogen) atoms. The standard InChI is InChI=1S/C12H11ClN2O2/c1-8-10(7-17-15-8)12(16)14-6-9-4-2-3-5-11(9)13/h2-5,7H,6H2,1H3,(H,14,16). The molecule has 0 aliphatic carbocycles. The number of nitrogens with one attached hydrogen (secondary N) is 1. The van der Waals surface area contributed by atoms with Crippen LogP contribution in [0.1, 0.15) is 21.6 Å². The van der Waals surface area contributed by atoms with E-state index in [0.717, 1.165) is 5.56 Å². The molecule has 1 aromatic carbocycles. The van der Waals surface area contributed by atoms with Gasteiger partial charge in [-0.1, -0.05) is 35.0 Å². The van der Waals surface area contributed by atoms with Crippen molar-refractivity contribution in [3.05, 3.63) is 52.4 Å². The summed E-state index contributed by atoms with van der Waals surface area (Å²) in [5, 5.41) is 7.04. The van der Waals surface area contributed by atoms with Crippen LogP contribution in [0.2, 0.25) is 5.02 Å². The molecule has 1 aromatic heterocycles. The molecule has 5 heteroatoms. The Bertz CT molecular complexity index is 537. The van der Waals surface area contributed by atoms with Crippen molar-refractivity contribution < 1.29 is 9.32 Å². The van der Waals surface area contributed by atoms with E-state index in [4.69, 9.17) is 16.1 Å². The van der Waals surface area contributed by atoms with Gasteiger partial charge in [-0.3, -0.25) is 4.79 Å². The first-order chi connectivity index (χ1) is 8.18. The zero-order valence-electron chi connectivity index (χ0n) is 9.24. The van der Waals surface area contributed by atoms with Crippen LogP contribution >= 0.6 is 11.6 Å². The number of aromatic nitrogens is 1. The summed E-state index contributed by atoms with van der Waals surface area (Å²) in [5.41, 5.74) is 1.88.